The van der Waals surface area contributed by atoms with Crippen LogP contribution in [0.5, 0.6) is 0 Å². The Morgan fingerprint density at radius 3 is 2.53 bits per heavy atom. The molecule has 1 N–H and O–H groups in total. The lowest BCUT2D eigenvalue weighted by atomic mass is 9.59. The van der Waals surface area contributed by atoms with Crippen molar-refractivity contribution in [2.24, 2.45) is 11.8 Å². The Morgan fingerprint density at radius 1 is 1.32 bits per heavy atom. The molecule has 0 radical (unpaired) electrons. The first kappa shape index (κ1) is 15.2. The Bertz CT molecular complexity index is 436. The minimum absolute atomic E-state index is 0.204. The van der Waals surface area contributed by atoms with Crippen LogP contribution in [0.15, 0.2) is 18.2 Å². The Balaban J connectivity index is 2.15. The third kappa shape index (κ3) is 3.45. The molecule has 1 aromatic rings. The summed E-state index contributed by atoms with van der Waals surface area (Å²) < 4.78 is 0. The Kier molecular flexibility index (Phi) is 4.81. The first-order valence-electron chi connectivity index (χ1n) is 7.09. The minimum atomic E-state index is 0.204. The van der Waals surface area contributed by atoms with Crippen LogP contribution in [0.4, 0.5) is 0 Å². The highest BCUT2D eigenvalue weighted by molar-refractivity contribution is 6.35. The zero-order chi connectivity index (χ0) is 14.0. The average Bonchev–Trinajstić information content (AvgIpc) is 2.25. The van der Waals surface area contributed by atoms with Crippen LogP contribution in [0.1, 0.15) is 39.2 Å². The zero-order valence-electron chi connectivity index (χ0n) is 12.0. The van der Waals surface area contributed by atoms with Crippen LogP contribution in [-0.4, -0.2) is 13.1 Å². The molecule has 1 aromatic carbocycles. The summed E-state index contributed by atoms with van der Waals surface area (Å²) in [7, 11) is 0. The quantitative estimate of drug-likeness (QED) is 0.815. The lowest BCUT2D eigenvalue weighted by Crippen LogP contribution is -2.48. The molecule has 0 aromatic heterocycles. The van der Waals surface area contributed by atoms with Crippen LogP contribution < -0.4 is 5.32 Å². The van der Waals surface area contributed by atoms with E-state index in [1.165, 1.54) is 18.4 Å². The smallest absolute Gasteiger partial charge is 0.0458 e. The van der Waals surface area contributed by atoms with Crippen LogP contribution in [0.2, 0.25) is 10.0 Å². The van der Waals surface area contributed by atoms with Gasteiger partial charge >= 0.3 is 0 Å². The van der Waals surface area contributed by atoms with Crippen LogP contribution in [0, 0.1) is 11.8 Å². The summed E-state index contributed by atoms with van der Waals surface area (Å²) in [5, 5.41) is 5.12. The van der Waals surface area contributed by atoms with E-state index in [1.54, 1.807) is 0 Å². The van der Waals surface area contributed by atoms with Gasteiger partial charge in [0, 0.05) is 22.0 Å². The van der Waals surface area contributed by atoms with E-state index in [9.17, 15) is 0 Å². The molecule has 0 bridgehead atoms. The molecule has 106 valence electrons. The van der Waals surface area contributed by atoms with Crippen LogP contribution in [-0.2, 0) is 5.41 Å². The Morgan fingerprint density at radius 2 is 2.00 bits per heavy atom. The molecule has 0 heterocycles. The molecule has 1 aliphatic carbocycles. The number of benzene rings is 1. The molecule has 0 unspecified atom stereocenters. The molecular weight excluding hydrogens is 277 g/mol. The third-order valence-corrected chi connectivity index (χ3v) is 4.54. The molecule has 1 aliphatic rings. The van der Waals surface area contributed by atoms with Gasteiger partial charge in [-0.2, -0.15) is 0 Å². The van der Waals surface area contributed by atoms with Gasteiger partial charge in [0.15, 0.2) is 0 Å². The predicted molar refractivity (Wildman–Crippen MR) is 84.2 cm³/mol. The molecule has 1 nitrogen and oxygen atoms in total. The molecule has 19 heavy (non-hydrogen) atoms. The van der Waals surface area contributed by atoms with Crippen molar-refractivity contribution >= 4 is 23.2 Å². The second-order valence-electron chi connectivity index (χ2n) is 6.44. The van der Waals surface area contributed by atoms with E-state index in [1.807, 2.05) is 12.1 Å². The van der Waals surface area contributed by atoms with Crippen LogP contribution in [0.25, 0.3) is 0 Å². The molecule has 0 amide bonds. The summed E-state index contributed by atoms with van der Waals surface area (Å²) in [6.45, 7) is 8.85. The highest BCUT2D eigenvalue weighted by Crippen LogP contribution is 2.49. The van der Waals surface area contributed by atoms with Gasteiger partial charge in [-0.05, 0) is 48.9 Å². The first-order chi connectivity index (χ1) is 8.93. The summed E-state index contributed by atoms with van der Waals surface area (Å²) in [5.41, 5.74) is 1.46. The number of hydrogen-bond donors (Lipinski definition) is 1. The highest BCUT2D eigenvalue weighted by Gasteiger charge is 2.44. The predicted octanol–water partition coefficient (Wildman–Crippen LogP) is 4.91. The monoisotopic (exact) mass is 299 g/mol. The maximum atomic E-state index is 6.40. The van der Waals surface area contributed by atoms with E-state index >= 15 is 0 Å². The second kappa shape index (κ2) is 6.03. The first-order valence-corrected chi connectivity index (χ1v) is 7.85. The van der Waals surface area contributed by atoms with E-state index in [0.717, 1.165) is 24.0 Å². The van der Waals surface area contributed by atoms with Crippen molar-refractivity contribution in [1.82, 2.24) is 5.32 Å². The molecule has 0 aliphatic heterocycles. The number of nitrogens with one attached hydrogen (secondary N) is 1. The van der Waals surface area contributed by atoms with E-state index < -0.39 is 0 Å². The van der Waals surface area contributed by atoms with Gasteiger partial charge in [-0.3, -0.25) is 0 Å². The Labute approximate surface area is 126 Å². The van der Waals surface area contributed by atoms with E-state index in [-0.39, 0.29) is 5.41 Å². The normalized spacial score (nSPS) is 26.5. The number of rotatable bonds is 5. The molecule has 1 fully saturated rings. The average molecular weight is 300 g/mol. The van der Waals surface area contributed by atoms with Crippen molar-refractivity contribution in [2.45, 2.75) is 39.0 Å². The standard InChI is InChI=1S/C16H23Cl2N/c1-11(2)9-19-10-16(7-12(3)8-16)14-5-4-13(17)6-15(14)18/h4-6,11-12,19H,7-10H2,1-3H3. The van der Waals surface area contributed by atoms with E-state index in [0.29, 0.717) is 10.9 Å². The second-order valence-corrected chi connectivity index (χ2v) is 7.29. The molecular formula is C16H23Cl2N. The minimum Gasteiger partial charge on any atom is -0.316 e. The van der Waals surface area contributed by atoms with E-state index in [4.69, 9.17) is 23.2 Å². The molecule has 3 heteroatoms. The molecule has 1 saturated carbocycles. The van der Waals surface area contributed by atoms with Crippen molar-refractivity contribution in [3.8, 4) is 0 Å². The maximum Gasteiger partial charge on any atom is 0.0458 e. The highest BCUT2D eigenvalue weighted by atomic mass is 35.5. The summed E-state index contributed by atoms with van der Waals surface area (Å²) >= 11 is 12.4. The van der Waals surface area contributed by atoms with Crippen molar-refractivity contribution in [3.63, 3.8) is 0 Å². The van der Waals surface area contributed by atoms with Crippen molar-refractivity contribution in [3.05, 3.63) is 33.8 Å². The van der Waals surface area contributed by atoms with Crippen molar-refractivity contribution in [2.75, 3.05) is 13.1 Å². The Hall–Kier alpha value is -0.240. The fourth-order valence-corrected chi connectivity index (χ4v) is 3.86. The van der Waals surface area contributed by atoms with Gasteiger partial charge in [0.05, 0.1) is 0 Å². The topological polar surface area (TPSA) is 12.0 Å². The SMILES string of the molecule is CC(C)CNCC1(c2ccc(Cl)cc2Cl)CC(C)C1. The zero-order valence-corrected chi connectivity index (χ0v) is 13.5. The van der Waals surface area contributed by atoms with E-state index in [2.05, 4.69) is 32.2 Å². The van der Waals surface area contributed by atoms with Gasteiger partial charge in [0.2, 0.25) is 0 Å². The van der Waals surface area contributed by atoms with Crippen LogP contribution in [0.3, 0.4) is 0 Å². The maximum absolute atomic E-state index is 6.40. The lowest BCUT2D eigenvalue weighted by molar-refractivity contribution is 0.151. The van der Waals surface area contributed by atoms with Crippen molar-refractivity contribution < 1.29 is 0 Å². The van der Waals surface area contributed by atoms with Gasteiger partial charge in [-0.1, -0.05) is 50.0 Å². The largest absolute Gasteiger partial charge is 0.316 e. The molecule has 0 saturated heterocycles. The van der Waals surface area contributed by atoms with Gasteiger partial charge in [-0.15, -0.1) is 0 Å². The molecule has 2 rings (SSSR count). The summed E-state index contributed by atoms with van der Waals surface area (Å²) in [6, 6.07) is 5.93. The summed E-state index contributed by atoms with van der Waals surface area (Å²) in [5.74, 6) is 1.46. The lowest BCUT2D eigenvalue weighted by Gasteiger charge is -2.48. The van der Waals surface area contributed by atoms with Crippen molar-refractivity contribution in [1.29, 1.82) is 0 Å². The number of halogens is 2. The fraction of sp³-hybridized carbons (Fsp3) is 0.625. The van der Waals surface area contributed by atoms with Gasteiger partial charge in [0.25, 0.3) is 0 Å². The third-order valence-electron chi connectivity index (χ3n) is 4.00. The fourth-order valence-electron chi connectivity index (χ4n) is 3.25. The summed E-state index contributed by atoms with van der Waals surface area (Å²) in [4.78, 5) is 0. The molecule has 0 spiro atoms. The summed E-state index contributed by atoms with van der Waals surface area (Å²) in [6.07, 6.45) is 2.42. The number of hydrogen-bond acceptors (Lipinski definition) is 1. The van der Waals surface area contributed by atoms with Gasteiger partial charge in [0.1, 0.15) is 0 Å². The van der Waals surface area contributed by atoms with Crippen LogP contribution >= 0.6 is 23.2 Å². The molecule has 0 atom stereocenters. The van der Waals surface area contributed by atoms with Gasteiger partial charge < -0.3 is 5.32 Å². The van der Waals surface area contributed by atoms with Gasteiger partial charge in [-0.25, -0.2) is 0 Å².